The van der Waals surface area contributed by atoms with Gasteiger partial charge in [-0.1, -0.05) is 38.7 Å². The molecule has 1 rings (SSSR count). The van der Waals surface area contributed by atoms with E-state index in [1.807, 2.05) is 33.8 Å². The van der Waals surface area contributed by atoms with Crippen LogP contribution in [0.3, 0.4) is 0 Å². The molecule has 1 aliphatic rings. The zero-order valence-electron chi connectivity index (χ0n) is 10.7. The summed E-state index contributed by atoms with van der Waals surface area (Å²) < 4.78 is 0. The SMILES string of the molecule is CC.CC(C)=CC(N)=NC1CCCCC1. The summed E-state index contributed by atoms with van der Waals surface area (Å²) in [5.74, 6) is 0.701. The minimum atomic E-state index is 0.490. The van der Waals surface area contributed by atoms with E-state index >= 15 is 0 Å². The molecule has 0 unspecified atom stereocenters. The lowest BCUT2D eigenvalue weighted by molar-refractivity contribution is 0.443. The number of rotatable bonds is 2. The van der Waals surface area contributed by atoms with Crippen LogP contribution in [0.15, 0.2) is 16.6 Å². The molecular weight excluding hydrogens is 184 g/mol. The number of nitrogens with zero attached hydrogens (tertiary/aromatic N) is 1. The molecule has 0 saturated heterocycles. The molecule has 1 aliphatic carbocycles. The molecule has 0 aromatic rings. The summed E-state index contributed by atoms with van der Waals surface area (Å²) in [6.07, 6.45) is 8.39. The highest BCUT2D eigenvalue weighted by Crippen LogP contribution is 2.20. The van der Waals surface area contributed by atoms with Gasteiger partial charge in [-0.3, -0.25) is 4.99 Å². The Morgan fingerprint density at radius 1 is 1.13 bits per heavy atom. The smallest absolute Gasteiger partial charge is 0.118 e. The van der Waals surface area contributed by atoms with Crippen LogP contribution in [0.2, 0.25) is 0 Å². The summed E-state index contributed by atoms with van der Waals surface area (Å²) in [5, 5.41) is 0. The van der Waals surface area contributed by atoms with Crippen molar-refractivity contribution in [3.8, 4) is 0 Å². The Morgan fingerprint density at radius 2 is 1.67 bits per heavy atom. The fraction of sp³-hybridized carbons (Fsp3) is 0.769. The average Bonchev–Trinajstić information content (AvgIpc) is 2.21. The van der Waals surface area contributed by atoms with Crippen molar-refractivity contribution < 1.29 is 0 Å². The first-order valence-corrected chi connectivity index (χ1v) is 6.16. The van der Waals surface area contributed by atoms with Crippen LogP contribution >= 0.6 is 0 Å². The Labute approximate surface area is 94.7 Å². The molecule has 2 nitrogen and oxygen atoms in total. The van der Waals surface area contributed by atoms with Crippen LogP contribution in [0.4, 0.5) is 0 Å². The third kappa shape index (κ3) is 7.18. The molecule has 0 spiro atoms. The summed E-state index contributed by atoms with van der Waals surface area (Å²) in [5.41, 5.74) is 7.00. The Hall–Kier alpha value is -0.790. The summed E-state index contributed by atoms with van der Waals surface area (Å²) in [4.78, 5) is 4.49. The Bertz CT molecular complexity index is 207. The van der Waals surface area contributed by atoms with Gasteiger partial charge in [0.25, 0.3) is 0 Å². The second kappa shape index (κ2) is 8.51. The van der Waals surface area contributed by atoms with E-state index in [2.05, 4.69) is 4.99 Å². The lowest BCUT2D eigenvalue weighted by Gasteiger charge is -2.17. The minimum Gasteiger partial charge on any atom is -0.384 e. The first-order chi connectivity index (χ1) is 7.18. The zero-order valence-corrected chi connectivity index (χ0v) is 10.7. The number of hydrogen-bond acceptors (Lipinski definition) is 1. The number of amidine groups is 1. The normalized spacial score (nSPS) is 17.7. The average molecular weight is 210 g/mol. The highest BCUT2D eigenvalue weighted by molar-refractivity contribution is 5.92. The molecule has 88 valence electrons. The van der Waals surface area contributed by atoms with Crippen LogP contribution in [0.1, 0.15) is 59.8 Å². The first kappa shape index (κ1) is 14.2. The van der Waals surface area contributed by atoms with E-state index in [9.17, 15) is 0 Å². The van der Waals surface area contributed by atoms with Crippen molar-refractivity contribution in [2.75, 3.05) is 0 Å². The van der Waals surface area contributed by atoms with Gasteiger partial charge in [0, 0.05) is 0 Å². The van der Waals surface area contributed by atoms with Gasteiger partial charge in [-0.2, -0.15) is 0 Å². The number of hydrogen-bond donors (Lipinski definition) is 1. The maximum atomic E-state index is 5.78. The van der Waals surface area contributed by atoms with E-state index in [0.717, 1.165) is 0 Å². The van der Waals surface area contributed by atoms with Gasteiger partial charge in [0.05, 0.1) is 6.04 Å². The van der Waals surface area contributed by atoms with Gasteiger partial charge in [-0.05, 0) is 32.8 Å². The Balaban J connectivity index is 0.000000921. The minimum absolute atomic E-state index is 0.490. The predicted octanol–water partition coefficient (Wildman–Crippen LogP) is 3.67. The largest absolute Gasteiger partial charge is 0.384 e. The van der Waals surface area contributed by atoms with Crippen LogP contribution in [-0.4, -0.2) is 11.9 Å². The van der Waals surface area contributed by atoms with Gasteiger partial charge >= 0.3 is 0 Å². The van der Waals surface area contributed by atoms with E-state index in [-0.39, 0.29) is 0 Å². The summed E-state index contributed by atoms with van der Waals surface area (Å²) in [7, 11) is 0. The lowest BCUT2D eigenvalue weighted by atomic mass is 9.96. The monoisotopic (exact) mass is 210 g/mol. The van der Waals surface area contributed by atoms with Gasteiger partial charge in [0.1, 0.15) is 5.84 Å². The highest BCUT2D eigenvalue weighted by atomic mass is 14.9. The third-order valence-corrected chi connectivity index (χ3v) is 2.34. The molecule has 15 heavy (non-hydrogen) atoms. The van der Waals surface area contributed by atoms with Gasteiger partial charge in [-0.15, -0.1) is 0 Å². The molecule has 2 heteroatoms. The van der Waals surface area contributed by atoms with E-state index in [4.69, 9.17) is 5.73 Å². The van der Waals surface area contributed by atoms with E-state index < -0.39 is 0 Å². The van der Waals surface area contributed by atoms with E-state index in [1.54, 1.807) is 0 Å². The van der Waals surface area contributed by atoms with Gasteiger partial charge in [0.15, 0.2) is 0 Å². The lowest BCUT2D eigenvalue weighted by Crippen LogP contribution is -2.17. The molecule has 0 bridgehead atoms. The molecule has 0 aliphatic heterocycles. The predicted molar refractivity (Wildman–Crippen MR) is 69.3 cm³/mol. The fourth-order valence-corrected chi connectivity index (χ4v) is 1.75. The second-order valence-corrected chi connectivity index (χ2v) is 4.07. The summed E-state index contributed by atoms with van der Waals surface area (Å²) in [6.45, 7) is 8.09. The van der Waals surface area contributed by atoms with Gasteiger partial charge in [0.2, 0.25) is 0 Å². The summed E-state index contributed by atoms with van der Waals surface area (Å²) >= 11 is 0. The number of allylic oxidation sites excluding steroid dienone is 1. The molecule has 0 radical (unpaired) electrons. The molecule has 0 aromatic heterocycles. The third-order valence-electron chi connectivity index (χ3n) is 2.34. The summed E-state index contributed by atoms with van der Waals surface area (Å²) in [6, 6.07) is 0.490. The molecule has 0 atom stereocenters. The van der Waals surface area contributed by atoms with Crippen LogP contribution in [0.5, 0.6) is 0 Å². The molecule has 0 amide bonds. The zero-order chi connectivity index (χ0) is 11.7. The van der Waals surface area contributed by atoms with Crippen molar-refractivity contribution in [3.05, 3.63) is 11.6 Å². The number of aliphatic imine (C=N–C) groups is 1. The Morgan fingerprint density at radius 3 is 2.13 bits per heavy atom. The Kier molecular flexibility index (Phi) is 8.06. The van der Waals surface area contributed by atoms with Crippen molar-refractivity contribution in [3.63, 3.8) is 0 Å². The van der Waals surface area contributed by atoms with Crippen LogP contribution in [0, 0.1) is 0 Å². The quantitative estimate of drug-likeness (QED) is 0.548. The fourth-order valence-electron chi connectivity index (χ4n) is 1.75. The van der Waals surface area contributed by atoms with Gasteiger partial charge < -0.3 is 5.73 Å². The van der Waals surface area contributed by atoms with E-state index in [1.165, 1.54) is 37.7 Å². The van der Waals surface area contributed by atoms with Crippen LogP contribution in [0.25, 0.3) is 0 Å². The van der Waals surface area contributed by atoms with Crippen LogP contribution < -0.4 is 5.73 Å². The molecule has 0 aromatic carbocycles. The first-order valence-electron chi connectivity index (χ1n) is 6.16. The van der Waals surface area contributed by atoms with Crippen LogP contribution in [-0.2, 0) is 0 Å². The topological polar surface area (TPSA) is 38.4 Å². The molecule has 1 fully saturated rings. The number of nitrogens with two attached hydrogens (primary N) is 1. The second-order valence-electron chi connectivity index (χ2n) is 4.07. The van der Waals surface area contributed by atoms with Crippen molar-refractivity contribution >= 4 is 5.84 Å². The van der Waals surface area contributed by atoms with E-state index in [0.29, 0.717) is 11.9 Å². The molecule has 2 N–H and O–H groups in total. The van der Waals surface area contributed by atoms with Gasteiger partial charge in [-0.25, -0.2) is 0 Å². The highest BCUT2D eigenvalue weighted by Gasteiger charge is 2.11. The van der Waals surface area contributed by atoms with Crippen molar-refractivity contribution in [2.45, 2.75) is 65.8 Å². The maximum absolute atomic E-state index is 5.78. The molecular formula is C13H26N2. The van der Waals surface area contributed by atoms with Crippen molar-refractivity contribution in [1.29, 1.82) is 0 Å². The van der Waals surface area contributed by atoms with Crippen molar-refractivity contribution in [2.24, 2.45) is 10.7 Å². The molecule has 1 saturated carbocycles. The maximum Gasteiger partial charge on any atom is 0.118 e. The standard InChI is InChI=1S/C11H20N2.C2H6/c1-9(2)8-11(12)13-10-6-4-3-5-7-10;1-2/h8,10H,3-7H2,1-2H3,(H2,12,13);1-2H3. The molecule has 0 heterocycles. The van der Waals surface area contributed by atoms with Crippen molar-refractivity contribution in [1.82, 2.24) is 0 Å².